The first-order chi connectivity index (χ1) is 22.4. The van der Waals surface area contributed by atoms with E-state index in [9.17, 15) is 33.5 Å². The van der Waals surface area contributed by atoms with Gasteiger partial charge in [0.25, 0.3) is 0 Å². The van der Waals surface area contributed by atoms with Crippen molar-refractivity contribution in [1.29, 1.82) is 0 Å². The number of imide groups is 2. The topological polar surface area (TPSA) is 121 Å². The highest BCUT2D eigenvalue weighted by Crippen LogP contribution is 2.64. The van der Waals surface area contributed by atoms with E-state index in [4.69, 9.17) is 16.3 Å². The maximum atomic E-state index is 14.5. The van der Waals surface area contributed by atoms with Crippen molar-refractivity contribution < 1.29 is 38.2 Å². The van der Waals surface area contributed by atoms with E-state index < -0.39 is 58.5 Å². The van der Waals surface area contributed by atoms with Crippen LogP contribution in [0.3, 0.4) is 0 Å². The van der Waals surface area contributed by atoms with Crippen molar-refractivity contribution in [3.8, 4) is 11.5 Å². The van der Waals surface area contributed by atoms with Gasteiger partial charge in [0.05, 0.1) is 46.7 Å². The Labute approximate surface area is 274 Å². The van der Waals surface area contributed by atoms with Gasteiger partial charge in [-0.05, 0) is 81.1 Å². The Hall–Kier alpha value is -4.83. The smallest absolute Gasteiger partial charge is 0.241 e. The molecule has 0 bridgehead atoms. The van der Waals surface area contributed by atoms with Crippen molar-refractivity contribution >= 4 is 52.4 Å². The number of methoxy groups -OCH3 is 1. The second kappa shape index (κ2) is 10.9. The second-order valence-corrected chi connectivity index (χ2v) is 13.2. The zero-order chi connectivity index (χ0) is 33.5. The van der Waals surface area contributed by atoms with Crippen LogP contribution in [0.5, 0.6) is 11.5 Å². The number of ketones is 1. The molecular formula is C36H30ClFN2O7. The molecular weight excluding hydrogens is 627 g/mol. The highest BCUT2D eigenvalue weighted by Gasteiger charge is 2.68. The number of Topliss-reactive ketones (excluding diaryl/α,β-unsaturated/α-hetero) is 1. The van der Waals surface area contributed by atoms with Crippen LogP contribution in [0.1, 0.15) is 48.5 Å². The Morgan fingerprint density at radius 1 is 0.936 bits per heavy atom. The Bertz CT molecular complexity index is 1940. The van der Waals surface area contributed by atoms with Gasteiger partial charge in [0, 0.05) is 23.1 Å². The Morgan fingerprint density at radius 2 is 1.64 bits per heavy atom. The SMILES string of the molecule is COc1ccc([C@H]2C3=CC[C@@H]4C(=O)N(c5ccc(C(C)=O)cc5)C(=O)[C@@H]4[C@@H]3C[C@H]3C(=O)N(c4ccc(F)c(Cl)c4)C(=O)[C@@]23C)c(O)c1. The number of hydrogen-bond donors (Lipinski definition) is 1. The van der Waals surface area contributed by atoms with Crippen LogP contribution in [-0.2, 0) is 19.2 Å². The fraction of sp³-hybridized carbons (Fsp3) is 0.306. The number of hydrogen-bond acceptors (Lipinski definition) is 7. The molecule has 6 atom stereocenters. The standard InChI is InChI=1S/C36H30ClFN2O7/c1-17(41)18-4-6-19(7-5-18)39-32(43)24-12-11-22-25(30(24)34(39)45)16-26-33(44)40(20-8-13-28(38)27(37)14-20)35(46)36(26,2)31(22)23-10-9-21(47-3)15-29(23)42/h4-11,13-15,24-26,30-31,42H,12,16H2,1-3H3/t24-,25+,26-,30-,31+,36+/m0/s1. The Kier molecular flexibility index (Phi) is 7.13. The summed E-state index contributed by atoms with van der Waals surface area (Å²) in [6, 6.07) is 14.6. The molecule has 9 nitrogen and oxygen atoms in total. The van der Waals surface area contributed by atoms with Gasteiger partial charge >= 0.3 is 0 Å². The lowest BCUT2D eigenvalue weighted by molar-refractivity contribution is -0.131. The minimum atomic E-state index is -1.41. The van der Waals surface area contributed by atoms with Gasteiger partial charge in [0.15, 0.2) is 5.78 Å². The number of fused-ring (bicyclic) bond motifs is 4. The maximum Gasteiger partial charge on any atom is 0.241 e. The van der Waals surface area contributed by atoms with Crippen LogP contribution in [0.4, 0.5) is 15.8 Å². The van der Waals surface area contributed by atoms with E-state index in [1.165, 1.54) is 32.2 Å². The van der Waals surface area contributed by atoms with Crippen LogP contribution in [0.25, 0.3) is 0 Å². The fourth-order valence-corrected chi connectivity index (χ4v) is 8.40. The molecule has 0 spiro atoms. The van der Waals surface area contributed by atoms with E-state index in [2.05, 4.69) is 0 Å². The van der Waals surface area contributed by atoms with Crippen LogP contribution in [0.15, 0.2) is 72.3 Å². The molecule has 3 fully saturated rings. The molecule has 2 heterocycles. The molecule has 0 aromatic heterocycles. The molecule has 47 heavy (non-hydrogen) atoms. The summed E-state index contributed by atoms with van der Waals surface area (Å²) in [4.78, 5) is 70.8. The van der Waals surface area contributed by atoms with Crippen LogP contribution >= 0.6 is 11.6 Å². The number of halogens is 2. The number of benzene rings is 3. The van der Waals surface area contributed by atoms with E-state index in [-0.39, 0.29) is 41.0 Å². The molecule has 2 saturated heterocycles. The third kappa shape index (κ3) is 4.37. The normalized spacial score (nSPS) is 28.2. The maximum absolute atomic E-state index is 14.5. The first-order valence-corrected chi connectivity index (χ1v) is 15.6. The molecule has 4 amide bonds. The number of amides is 4. The summed E-state index contributed by atoms with van der Waals surface area (Å²) in [5.74, 6) is -6.41. The third-order valence-corrected chi connectivity index (χ3v) is 10.8. The van der Waals surface area contributed by atoms with Crippen LogP contribution in [0, 0.1) is 34.9 Å². The summed E-state index contributed by atoms with van der Waals surface area (Å²) in [5, 5.41) is 11.1. The molecule has 11 heteroatoms. The number of rotatable bonds is 5. The molecule has 3 aromatic carbocycles. The van der Waals surface area contributed by atoms with Gasteiger partial charge in [0.1, 0.15) is 17.3 Å². The zero-order valence-electron chi connectivity index (χ0n) is 25.7. The monoisotopic (exact) mass is 656 g/mol. The van der Waals surface area contributed by atoms with Crippen LogP contribution in [0.2, 0.25) is 5.02 Å². The van der Waals surface area contributed by atoms with Crippen molar-refractivity contribution in [2.75, 3.05) is 16.9 Å². The molecule has 0 radical (unpaired) electrons. The van der Waals surface area contributed by atoms with Gasteiger partial charge in [-0.15, -0.1) is 0 Å². The van der Waals surface area contributed by atoms with E-state index in [1.807, 2.05) is 6.08 Å². The first kappa shape index (κ1) is 30.8. The van der Waals surface area contributed by atoms with E-state index in [0.29, 0.717) is 28.1 Å². The highest BCUT2D eigenvalue weighted by molar-refractivity contribution is 6.32. The number of anilines is 2. The van der Waals surface area contributed by atoms with Gasteiger partial charge < -0.3 is 9.84 Å². The molecule has 2 aliphatic carbocycles. The molecule has 4 aliphatic rings. The fourth-order valence-electron chi connectivity index (χ4n) is 8.22. The van der Waals surface area contributed by atoms with Crippen molar-refractivity contribution in [1.82, 2.24) is 0 Å². The minimum Gasteiger partial charge on any atom is -0.508 e. The number of phenols is 1. The van der Waals surface area contributed by atoms with Crippen molar-refractivity contribution in [3.63, 3.8) is 0 Å². The third-order valence-electron chi connectivity index (χ3n) is 10.5. The Morgan fingerprint density at radius 3 is 2.28 bits per heavy atom. The molecule has 7 rings (SSSR count). The number of nitrogens with zero attached hydrogens (tertiary/aromatic N) is 2. The number of allylic oxidation sites excluding steroid dienone is 2. The van der Waals surface area contributed by atoms with Gasteiger partial charge in [-0.2, -0.15) is 0 Å². The highest BCUT2D eigenvalue weighted by atomic mass is 35.5. The van der Waals surface area contributed by atoms with Gasteiger partial charge in [-0.25, -0.2) is 9.29 Å². The van der Waals surface area contributed by atoms with Crippen molar-refractivity contribution in [2.24, 2.45) is 29.1 Å². The average Bonchev–Trinajstić information content (AvgIpc) is 3.42. The molecule has 240 valence electrons. The lowest BCUT2D eigenvalue weighted by atomic mass is 9.51. The Balaban J connectivity index is 1.35. The van der Waals surface area contributed by atoms with Gasteiger partial charge in [-0.1, -0.05) is 29.3 Å². The summed E-state index contributed by atoms with van der Waals surface area (Å²) in [6.07, 6.45) is 2.20. The molecule has 1 saturated carbocycles. The summed E-state index contributed by atoms with van der Waals surface area (Å²) in [7, 11) is 1.46. The summed E-state index contributed by atoms with van der Waals surface area (Å²) in [5.41, 5.74) is 0.563. The predicted molar refractivity (Wildman–Crippen MR) is 170 cm³/mol. The molecule has 3 aromatic rings. The number of phenolic OH excluding ortho intramolecular Hbond substituents is 1. The first-order valence-electron chi connectivity index (χ1n) is 15.3. The molecule has 2 aliphatic heterocycles. The van der Waals surface area contributed by atoms with Crippen molar-refractivity contribution in [3.05, 3.63) is 94.3 Å². The molecule has 1 N–H and O–H groups in total. The second-order valence-electron chi connectivity index (χ2n) is 12.8. The average molecular weight is 657 g/mol. The van der Waals surface area contributed by atoms with Gasteiger partial charge in [0.2, 0.25) is 23.6 Å². The van der Waals surface area contributed by atoms with Gasteiger partial charge in [-0.3, -0.25) is 28.9 Å². The van der Waals surface area contributed by atoms with Crippen molar-refractivity contribution in [2.45, 2.75) is 32.6 Å². The quantitative estimate of drug-likeness (QED) is 0.208. The lowest BCUT2D eigenvalue weighted by Crippen LogP contribution is -2.48. The summed E-state index contributed by atoms with van der Waals surface area (Å²) >= 11 is 6.06. The van der Waals surface area contributed by atoms with Crippen LogP contribution in [-0.4, -0.2) is 41.6 Å². The van der Waals surface area contributed by atoms with E-state index in [1.54, 1.807) is 43.3 Å². The molecule has 0 unspecified atom stereocenters. The summed E-state index contributed by atoms with van der Waals surface area (Å²) < 4.78 is 19.4. The van der Waals surface area contributed by atoms with E-state index in [0.717, 1.165) is 15.9 Å². The lowest BCUT2D eigenvalue weighted by Gasteiger charge is -2.49. The number of carbonyl (C=O) groups is 5. The largest absolute Gasteiger partial charge is 0.508 e. The minimum absolute atomic E-state index is 0.100. The number of aromatic hydroxyl groups is 1. The summed E-state index contributed by atoms with van der Waals surface area (Å²) in [6.45, 7) is 3.11. The van der Waals surface area contributed by atoms with Crippen LogP contribution < -0.4 is 14.5 Å². The zero-order valence-corrected chi connectivity index (χ0v) is 26.5. The number of ether oxygens (including phenoxy) is 1. The van der Waals surface area contributed by atoms with E-state index >= 15 is 0 Å². The number of carbonyl (C=O) groups excluding carboxylic acids is 5. The predicted octanol–water partition coefficient (Wildman–Crippen LogP) is 5.83.